The molecule has 0 saturated carbocycles. The number of morpholine rings is 1. The molecule has 152 valence electrons. The third kappa shape index (κ3) is 4.33. The van der Waals surface area contributed by atoms with Crippen molar-refractivity contribution in [3.8, 4) is 0 Å². The Kier molecular flexibility index (Phi) is 5.31. The van der Waals surface area contributed by atoms with Crippen molar-refractivity contribution in [2.45, 2.75) is 12.7 Å². The van der Waals surface area contributed by atoms with E-state index in [1.165, 1.54) is 0 Å². The van der Waals surface area contributed by atoms with Gasteiger partial charge in [-0.05, 0) is 0 Å². The molecule has 9 nitrogen and oxygen atoms in total. The van der Waals surface area contributed by atoms with Crippen LogP contribution in [-0.4, -0.2) is 77.5 Å². The van der Waals surface area contributed by atoms with Gasteiger partial charge in [-0.25, -0.2) is 9.97 Å². The minimum absolute atomic E-state index is 0.0302. The van der Waals surface area contributed by atoms with E-state index in [2.05, 4.69) is 30.0 Å². The Morgan fingerprint density at radius 2 is 1.54 bits per heavy atom. The monoisotopic (exact) mass is 399 g/mol. The molecule has 0 amide bonds. The number of anilines is 2. The molecule has 0 radical (unpaired) electrons. The topological polar surface area (TPSA) is 83.7 Å². The molecule has 2 aliphatic heterocycles. The van der Waals surface area contributed by atoms with Gasteiger partial charge >= 0.3 is 12.1 Å². The normalized spacial score (nSPS) is 19.2. The van der Waals surface area contributed by atoms with Crippen LogP contribution in [0.5, 0.6) is 0 Å². The molecule has 0 unspecified atom stereocenters. The molecule has 2 aromatic heterocycles. The molecule has 12 heteroatoms. The second kappa shape index (κ2) is 7.87. The van der Waals surface area contributed by atoms with Gasteiger partial charge < -0.3 is 19.0 Å². The largest absolute Gasteiger partial charge is 0.470 e. The highest BCUT2D eigenvalue weighted by atomic mass is 19.4. The van der Waals surface area contributed by atoms with Crippen LogP contribution in [-0.2, 0) is 17.5 Å². The van der Waals surface area contributed by atoms with Gasteiger partial charge in [-0.1, -0.05) is 0 Å². The van der Waals surface area contributed by atoms with Crippen molar-refractivity contribution in [1.29, 1.82) is 0 Å². The maximum Gasteiger partial charge on any atom is 0.470 e. The predicted molar refractivity (Wildman–Crippen MR) is 91.9 cm³/mol. The third-order valence-electron chi connectivity index (χ3n) is 4.74. The van der Waals surface area contributed by atoms with Gasteiger partial charge in [0.1, 0.15) is 18.0 Å². The summed E-state index contributed by atoms with van der Waals surface area (Å²) in [7, 11) is 0. The van der Waals surface area contributed by atoms with Crippen LogP contribution in [0.3, 0.4) is 0 Å². The second-order valence-corrected chi connectivity index (χ2v) is 6.60. The summed E-state index contributed by atoms with van der Waals surface area (Å²) in [6.07, 6.45) is -3.06. The highest BCUT2D eigenvalue weighted by Gasteiger charge is 2.38. The van der Waals surface area contributed by atoms with Crippen molar-refractivity contribution in [1.82, 2.24) is 25.1 Å². The van der Waals surface area contributed by atoms with Gasteiger partial charge in [0, 0.05) is 45.3 Å². The molecule has 0 atom stereocenters. The zero-order valence-corrected chi connectivity index (χ0v) is 15.1. The Labute approximate surface area is 159 Å². The predicted octanol–water partition coefficient (Wildman–Crippen LogP) is 1.04. The summed E-state index contributed by atoms with van der Waals surface area (Å²) in [5.74, 6) is 0.379. The van der Waals surface area contributed by atoms with Crippen LogP contribution >= 0.6 is 0 Å². The van der Waals surface area contributed by atoms with Crippen LogP contribution in [0.2, 0.25) is 0 Å². The molecular weight excluding hydrogens is 379 g/mol. The first-order valence-corrected chi connectivity index (χ1v) is 9.01. The van der Waals surface area contributed by atoms with Crippen molar-refractivity contribution >= 4 is 11.6 Å². The maximum absolute atomic E-state index is 12.5. The van der Waals surface area contributed by atoms with E-state index >= 15 is 0 Å². The first-order chi connectivity index (χ1) is 13.5. The van der Waals surface area contributed by atoms with Crippen molar-refractivity contribution in [2.75, 3.05) is 62.3 Å². The zero-order chi connectivity index (χ0) is 19.6. The van der Waals surface area contributed by atoms with E-state index in [0.29, 0.717) is 39.4 Å². The quantitative estimate of drug-likeness (QED) is 0.749. The molecule has 28 heavy (non-hydrogen) atoms. The van der Waals surface area contributed by atoms with Crippen molar-refractivity contribution in [3.63, 3.8) is 0 Å². The van der Waals surface area contributed by atoms with Crippen LogP contribution in [0.25, 0.3) is 0 Å². The number of ether oxygens (including phenoxy) is 1. The van der Waals surface area contributed by atoms with Crippen molar-refractivity contribution < 1.29 is 22.3 Å². The Balaban J connectivity index is 1.33. The molecule has 2 aromatic rings. The first kappa shape index (κ1) is 18.9. The van der Waals surface area contributed by atoms with Crippen LogP contribution in [0.1, 0.15) is 11.8 Å². The van der Waals surface area contributed by atoms with Crippen LogP contribution in [0.4, 0.5) is 24.8 Å². The minimum atomic E-state index is -4.62. The molecule has 0 aliphatic carbocycles. The Bertz CT molecular complexity index is 787. The van der Waals surface area contributed by atoms with Crippen LogP contribution < -0.4 is 9.80 Å². The van der Waals surface area contributed by atoms with Gasteiger partial charge in [0.25, 0.3) is 0 Å². The van der Waals surface area contributed by atoms with Crippen LogP contribution in [0, 0.1) is 0 Å². The smallest absolute Gasteiger partial charge is 0.416 e. The van der Waals surface area contributed by atoms with Gasteiger partial charge in [0.15, 0.2) is 0 Å². The van der Waals surface area contributed by atoms with E-state index in [1.54, 1.807) is 6.33 Å². The fourth-order valence-corrected chi connectivity index (χ4v) is 3.23. The lowest BCUT2D eigenvalue weighted by Gasteiger charge is -2.35. The van der Waals surface area contributed by atoms with Crippen LogP contribution in [0.15, 0.2) is 16.8 Å². The fourth-order valence-electron chi connectivity index (χ4n) is 3.23. The Morgan fingerprint density at radius 3 is 2.14 bits per heavy atom. The maximum atomic E-state index is 12.5. The highest BCUT2D eigenvalue weighted by molar-refractivity contribution is 5.50. The van der Waals surface area contributed by atoms with Gasteiger partial charge in [-0.15, -0.1) is 10.2 Å². The number of piperazine rings is 1. The van der Waals surface area contributed by atoms with Gasteiger partial charge in [0.2, 0.25) is 5.89 Å². The average Bonchev–Trinajstić information content (AvgIpc) is 3.18. The zero-order valence-electron chi connectivity index (χ0n) is 15.1. The molecule has 2 fully saturated rings. The summed E-state index contributed by atoms with van der Waals surface area (Å²) in [6, 6.07) is 1.97. The summed E-state index contributed by atoms with van der Waals surface area (Å²) >= 11 is 0. The molecule has 2 aliphatic rings. The van der Waals surface area contributed by atoms with E-state index in [9.17, 15) is 13.2 Å². The summed E-state index contributed by atoms with van der Waals surface area (Å²) in [6.45, 7) is 5.86. The molecule has 4 rings (SSSR count). The molecule has 0 bridgehead atoms. The van der Waals surface area contributed by atoms with E-state index in [-0.39, 0.29) is 12.4 Å². The number of halogens is 3. The lowest BCUT2D eigenvalue weighted by atomic mass is 10.3. The lowest BCUT2D eigenvalue weighted by Crippen LogP contribution is -2.46. The van der Waals surface area contributed by atoms with E-state index in [0.717, 1.165) is 24.7 Å². The van der Waals surface area contributed by atoms with E-state index in [1.807, 2.05) is 11.0 Å². The Hall–Kier alpha value is -2.47. The van der Waals surface area contributed by atoms with Gasteiger partial charge in [-0.2, -0.15) is 13.2 Å². The number of hydrogen-bond donors (Lipinski definition) is 0. The summed E-state index contributed by atoms with van der Waals surface area (Å²) in [5.41, 5.74) is 0. The minimum Gasteiger partial charge on any atom is -0.416 e. The second-order valence-electron chi connectivity index (χ2n) is 6.60. The summed E-state index contributed by atoms with van der Waals surface area (Å²) in [4.78, 5) is 15.0. The number of nitrogens with zero attached hydrogens (tertiary/aromatic N) is 7. The number of alkyl halides is 3. The van der Waals surface area contributed by atoms with Gasteiger partial charge in [0.05, 0.1) is 19.8 Å². The van der Waals surface area contributed by atoms with Crippen molar-refractivity contribution in [2.24, 2.45) is 0 Å². The molecule has 0 N–H and O–H groups in total. The molecule has 4 heterocycles. The van der Waals surface area contributed by atoms with E-state index in [4.69, 9.17) is 9.15 Å². The first-order valence-electron chi connectivity index (χ1n) is 9.01. The molecule has 2 saturated heterocycles. The summed E-state index contributed by atoms with van der Waals surface area (Å²) in [5, 5.41) is 6.55. The van der Waals surface area contributed by atoms with E-state index < -0.39 is 12.1 Å². The number of rotatable bonds is 4. The standard InChI is InChI=1S/C16H20F3N7O2/c17-16(18,19)15-23-22-14(28-15)10-24-1-3-25(4-2-24)12-9-13(21-11-20-12)26-5-7-27-8-6-26/h9,11H,1-8,10H2. The number of hydrogen-bond acceptors (Lipinski definition) is 9. The molecule has 0 spiro atoms. The van der Waals surface area contributed by atoms with Crippen molar-refractivity contribution in [3.05, 3.63) is 24.2 Å². The third-order valence-corrected chi connectivity index (χ3v) is 4.74. The highest BCUT2D eigenvalue weighted by Crippen LogP contribution is 2.28. The van der Waals surface area contributed by atoms with Gasteiger partial charge in [-0.3, -0.25) is 4.90 Å². The average molecular weight is 399 g/mol. The molecule has 0 aromatic carbocycles. The number of aromatic nitrogens is 4. The Morgan fingerprint density at radius 1 is 0.893 bits per heavy atom. The molecular formula is C16H20F3N7O2. The summed E-state index contributed by atoms with van der Waals surface area (Å²) < 4.78 is 47.7. The lowest BCUT2D eigenvalue weighted by molar-refractivity contribution is -0.157. The fraction of sp³-hybridized carbons (Fsp3) is 0.625. The SMILES string of the molecule is FC(F)(F)c1nnc(CN2CCN(c3cc(N4CCOCC4)ncn3)CC2)o1.